The lowest BCUT2D eigenvalue weighted by Gasteiger charge is -2.23. The van der Waals surface area contributed by atoms with Crippen molar-refractivity contribution in [2.45, 2.75) is 19.5 Å². The second kappa shape index (κ2) is 9.73. The summed E-state index contributed by atoms with van der Waals surface area (Å²) < 4.78 is 21.3. The molecule has 2 rings (SSSR count). The molecular weight excluding hydrogens is 360 g/mol. The average molecular weight is 388 g/mol. The first kappa shape index (κ1) is 21.2. The molecule has 28 heavy (non-hydrogen) atoms. The number of carbonyl (C=O) groups excluding carboxylic acids is 1. The third kappa shape index (κ3) is 5.00. The number of hydrogen-bond donors (Lipinski definition) is 1. The summed E-state index contributed by atoms with van der Waals surface area (Å²) in [6, 6.07) is 10.8. The van der Waals surface area contributed by atoms with Crippen molar-refractivity contribution in [3.05, 3.63) is 47.5 Å². The largest absolute Gasteiger partial charge is 0.497 e. The molecule has 0 saturated carbocycles. The smallest absolute Gasteiger partial charge is 0.317 e. The lowest BCUT2D eigenvalue weighted by atomic mass is 10.1. The highest BCUT2D eigenvalue weighted by atomic mass is 16.5. The lowest BCUT2D eigenvalue weighted by Crippen LogP contribution is -2.38. The fourth-order valence-corrected chi connectivity index (χ4v) is 2.81. The molecular formula is C21H28N2O5. The molecule has 0 bridgehead atoms. The quantitative estimate of drug-likeness (QED) is 0.748. The molecule has 2 amide bonds. The molecule has 0 aliphatic carbocycles. The Hall–Kier alpha value is -3.09. The number of hydrogen-bond acceptors (Lipinski definition) is 5. The summed E-state index contributed by atoms with van der Waals surface area (Å²) in [5, 5.41) is 2.99. The van der Waals surface area contributed by atoms with Crippen LogP contribution in [-0.4, -0.2) is 46.4 Å². The normalized spacial score (nSPS) is 11.4. The van der Waals surface area contributed by atoms with E-state index in [1.165, 1.54) is 0 Å². The molecule has 0 fully saturated rings. The van der Waals surface area contributed by atoms with Gasteiger partial charge in [-0.25, -0.2) is 4.79 Å². The molecule has 0 radical (unpaired) electrons. The van der Waals surface area contributed by atoms with E-state index >= 15 is 0 Å². The van der Waals surface area contributed by atoms with Crippen molar-refractivity contribution in [2.75, 3.05) is 35.5 Å². The summed E-state index contributed by atoms with van der Waals surface area (Å²) in [6.45, 7) is 2.39. The zero-order valence-corrected chi connectivity index (χ0v) is 17.2. The van der Waals surface area contributed by atoms with E-state index in [-0.39, 0.29) is 12.1 Å². The summed E-state index contributed by atoms with van der Waals surface area (Å²) in [6.07, 6.45) is 0. The minimum absolute atomic E-state index is 0.183. The van der Waals surface area contributed by atoms with Crippen LogP contribution in [0.15, 0.2) is 36.4 Å². The second-order valence-electron chi connectivity index (χ2n) is 6.33. The van der Waals surface area contributed by atoms with Crippen molar-refractivity contribution < 1.29 is 23.7 Å². The van der Waals surface area contributed by atoms with Gasteiger partial charge in [0.25, 0.3) is 0 Å². The summed E-state index contributed by atoms with van der Waals surface area (Å²) in [5.74, 6) is 2.39. The van der Waals surface area contributed by atoms with E-state index in [2.05, 4.69) is 5.32 Å². The average Bonchev–Trinajstić information content (AvgIpc) is 2.72. The number of rotatable bonds is 8. The van der Waals surface area contributed by atoms with Gasteiger partial charge in [-0.1, -0.05) is 12.1 Å². The molecule has 0 saturated heterocycles. The van der Waals surface area contributed by atoms with Gasteiger partial charge in [0.15, 0.2) is 11.5 Å². The van der Waals surface area contributed by atoms with Crippen LogP contribution < -0.4 is 24.3 Å². The van der Waals surface area contributed by atoms with Crippen LogP contribution in [0.4, 0.5) is 4.79 Å². The van der Waals surface area contributed by atoms with Gasteiger partial charge in [-0.15, -0.1) is 0 Å². The minimum atomic E-state index is -0.250. The SMILES string of the molecule is COc1ccc(CN(C)C(=O)NC(C)c2cc(OC)c(OC)c(OC)c2)cc1. The van der Waals surface area contributed by atoms with Gasteiger partial charge >= 0.3 is 6.03 Å². The van der Waals surface area contributed by atoms with Gasteiger partial charge in [-0.3, -0.25) is 0 Å². The first-order valence-electron chi connectivity index (χ1n) is 8.87. The molecule has 0 spiro atoms. The van der Waals surface area contributed by atoms with E-state index in [1.54, 1.807) is 40.4 Å². The minimum Gasteiger partial charge on any atom is -0.497 e. The molecule has 1 atom stereocenters. The van der Waals surface area contributed by atoms with Crippen molar-refractivity contribution in [3.63, 3.8) is 0 Å². The van der Waals surface area contributed by atoms with Gasteiger partial charge in [-0.2, -0.15) is 0 Å². The van der Waals surface area contributed by atoms with Gasteiger partial charge < -0.3 is 29.2 Å². The van der Waals surface area contributed by atoms with Crippen molar-refractivity contribution in [1.29, 1.82) is 0 Å². The third-order valence-corrected chi connectivity index (χ3v) is 4.45. The number of benzene rings is 2. The molecule has 0 aliphatic heterocycles. The summed E-state index contributed by atoms with van der Waals surface area (Å²) in [5.41, 5.74) is 1.86. The molecule has 1 N–H and O–H groups in total. The summed E-state index contributed by atoms with van der Waals surface area (Å²) in [7, 11) is 8.06. The molecule has 0 heterocycles. The number of nitrogens with zero attached hydrogens (tertiary/aromatic N) is 1. The van der Waals surface area contributed by atoms with Gasteiger partial charge in [0.1, 0.15) is 5.75 Å². The van der Waals surface area contributed by atoms with E-state index < -0.39 is 0 Å². The van der Waals surface area contributed by atoms with Crippen molar-refractivity contribution in [1.82, 2.24) is 10.2 Å². The van der Waals surface area contributed by atoms with Crippen LogP contribution in [0.3, 0.4) is 0 Å². The van der Waals surface area contributed by atoms with E-state index in [0.29, 0.717) is 23.8 Å². The maximum Gasteiger partial charge on any atom is 0.317 e. The van der Waals surface area contributed by atoms with Gasteiger partial charge in [0.05, 0.1) is 34.5 Å². The highest BCUT2D eigenvalue weighted by molar-refractivity contribution is 5.74. The molecule has 7 nitrogen and oxygen atoms in total. The van der Waals surface area contributed by atoms with Crippen molar-refractivity contribution in [3.8, 4) is 23.0 Å². The molecule has 1 unspecified atom stereocenters. The standard InChI is InChI=1S/C21H28N2O5/c1-14(16-11-18(26-4)20(28-6)19(12-16)27-5)22-21(24)23(2)13-15-7-9-17(25-3)10-8-15/h7-12,14H,13H2,1-6H3,(H,22,24). The summed E-state index contributed by atoms with van der Waals surface area (Å²) in [4.78, 5) is 14.2. The Morgan fingerprint density at radius 1 is 0.964 bits per heavy atom. The number of methoxy groups -OCH3 is 4. The van der Waals surface area contributed by atoms with Crippen LogP contribution in [-0.2, 0) is 6.54 Å². The molecule has 0 aliphatic rings. The van der Waals surface area contributed by atoms with Gasteiger partial charge in [-0.05, 0) is 42.3 Å². The Morgan fingerprint density at radius 2 is 1.54 bits per heavy atom. The van der Waals surface area contributed by atoms with Gasteiger partial charge in [0.2, 0.25) is 5.75 Å². The van der Waals surface area contributed by atoms with E-state index in [4.69, 9.17) is 18.9 Å². The zero-order chi connectivity index (χ0) is 20.7. The fourth-order valence-electron chi connectivity index (χ4n) is 2.81. The van der Waals surface area contributed by atoms with Crippen LogP contribution in [0.1, 0.15) is 24.1 Å². The molecule has 2 aromatic carbocycles. The monoisotopic (exact) mass is 388 g/mol. The number of nitrogens with one attached hydrogen (secondary N) is 1. The van der Waals surface area contributed by atoms with E-state index in [1.807, 2.05) is 43.3 Å². The van der Waals surface area contributed by atoms with Crippen LogP contribution in [0.5, 0.6) is 23.0 Å². The predicted octanol–water partition coefficient (Wildman–Crippen LogP) is 3.62. The Kier molecular flexibility index (Phi) is 7.37. The van der Waals surface area contributed by atoms with Crippen LogP contribution in [0, 0.1) is 0 Å². The Labute approximate surface area is 166 Å². The molecule has 0 aromatic heterocycles. The van der Waals surface area contributed by atoms with Gasteiger partial charge in [0, 0.05) is 13.6 Å². The van der Waals surface area contributed by atoms with E-state index in [9.17, 15) is 4.79 Å². The highest BCUT2D eigenvalue weighted by Gasteiger charge is 2.19. The lowest BCUT2D eigenvalue weighted by molar-refractivity contribution is 0.203. The third-order valence-electron chi connectivity index (χ3n) is 4.45. The van der Waals surface area contributed by atoms with Crippen LogP contribution >= 0.6 is 0 Å². The molecule has 7 heteroatoms. The topological polar surface area (TPSA) is 69.3 Å². The number of carbonyl (C=O) groups is 1. The molecule has 2 aromatic rings. The number of urea groups is 1. The van der Waals surface area contributed by atoms with Crippen LogP contribution in [0.25, 0.3) is 0 Å². The molecule has 152 valence electrons. The maximum atomic E-state index is 12.6. The van der Waals surface area contributed by atoms with Crippen molar-refractivity contribution in [2.24, 2.45) is 0 Å². The van der Waals surface area contributed by atoms with Crippen LogP contribution in [0.2, 0.25) is 0 Å². The number of ether oxygens (including phenoxy) is 4. The number of amides is 2. The Morgan fingerprint density at radius 3 is 2.00 bits per heavy atom. The van der Waals surface area contributed by atoms with Crippen molar-refractivity contribution >= 4 is 6.03 Å². The Balaban J connectivity index is 2.08. The first-order chi connectivity index (χ1) is 13.4. The summed E-state index contributed by atoms with van der Waals surface area (Å²) >= 11 is 0. The Bertz CT molecular complexity index is 767. The maximum absolute atomic E-state index is 12.6. The highest BCUT2D eigenvalue weighted by Crippen LogP contribution is 2.39. The predicted molar refractivity (Wildman–Crippen MR) is 108 cm³/mol. The second-order valence-corrected chi connectivity index (χ2v) is 6.33. The fraction of sp³-hybridized carbons (Fsp3) is 0.381. The zero-order valence-electron chi connectivity index (χ0n) is 17.2. The van der Waals surface area contributed by atoms with E-state index in [0.717, 1.165) is 16.9 Å². The first-order valence-corrected chi connectivity index (χ1v) is 8.87.